The van der Waals surface area contributed by atoms with E-state index in [9.17, 15) is 9.59 Å². The number of ether oxygens (including phenoxy) is 2. The lowest BCUT2D eigenvalue weighted by Gasteiger charge is -2.36. The number of carbonyl (C=O) groups is 2. The van der Waals surface area contributed by atoms with Gasteiger partial charge in [-0.15, -0.1) is 0 Å². The zero-order valence-electron chi connectivity index (χ0n) is 9.91. The van der Waals surface area contributed by atoms with E-state index >= 15 is 0 Å². The van der Waals surface area contributed by atoms with Crippen molar-refractivity contribution in [2.75, 3.05) is 0 Å². The van der Waals surface area contributed by atoms with Gasteiger partial charge in [-0.3, -0.25) is 9.59 Å². The standard InChI is InChI=1S/C12H17IO4/c1-2-8(13)11(15)17-12-6-4-3-5-9(12)16-10(14)7-12/h8-9H,2-7H2,1H3. The maximum atomic E-state index is 11.9. The number of halogens is 1. The first-order chi connectivity index (χ1) is 8.07. The zero-order valence-corrected chi connectivity index (χ0v) is 12.1. The third-order valence-electron chi connectivity index (χ3n) is 3.54. The second-order valence-corrected chi connectivity index (χ2v) is 6.27. The van der Waals surface area contributed by atoms with Gasteiger partial charge in [-0.1, -0.05) is 29.5 Å². The lowest BCUT2D eigenvalue weighted by Crippen LogP contribution is -2.46. The van der Waals surface area contributed by atoms with Crippen LogP contribution in [0, 0.1) is 0 Å². The van der Waals surface area contributed by atoms with Crippen molar-refractivity contribution in [1.82, 2.24) is 0 Å². The maximum Gasteiger partial charge on any atom is 0.319 e. The predicted octanol–water partition coefficient (Wildman–Crippen LogP) is 2.37. The molecule has 2 rings (SSSR count). The molecule has 0 radical (unpaired) electrons. The summed E-state index contributed by atoms with van der Waals surface area (Å²) in [6.45, 7) is 1.95. The molecule has 5 heteroatoms. The summed E-state index contributed by atoms with van der Waals surface area (Å²) in [6, 6.07) is 0. The van der Waals surface area contributed by atoms with Crippen LogP contribution in [0.5, 0.6) is 0 Å². The molecule has 1 heterocycles. The third-order valence-corrected chi connectivity index (χ3v) is 4.93. The molecule has 0 aromatic carbocycles. The van der Waals surface area contributed by atoms with Gasteiger partial charge in [0.05, 0.1) is 6.42 Å². The Kier molecular flexibility index (Phi) is 3.95. The van der Waals surface area contributed by atoms with Crippen LogP contribution < -0.4 is 0 Å². The van der Waals surface area contributed by atoms with Gasteiger partial charge in [0, 0.05) is 0 Å². The first-order valence-corrected chi connectivity index (χ1v) is 7.38. The van der Waals surface area contributed by atoms with E-state index in [-0.39, 0.29) is 28.4 Å². The summed E-state index contributed by atoms with van der Waals surface area (Å²) in [5, 5.41) is 0. The average Bonchev–Trinajstić information content (AvgIpc) is 2.63. The van der Waals surface area contributed by atoms with E-state index in [2.05, 4.69) is 22.6 Å². The van der Waals surface area contributed by atoms with Crippen LogP contribution in [0.4, 0.5) is 0 Å². The molecule has 3 atom stereocenters. The molecule has 0 aromatic heterocycles. The molecule has 96 valence electrons. The minimum atomic E-state index is -0.662. The predicted molar refractivity (Wildman–Crippen MR) is 69.9 cm³/mol. The fourth-order valence-corrected chi connectivity index (χ4v) is 2.70. The molecular formula is C12H17IO4. The molecule has 0 spiro atoms. The number of carbonyl (C=O) groups excluding carboxylic acids is 2. The first-order valence-electron chi connectivity index (χ1n) is 6.14. The van der Waals surface area contributed by atoms with Crippen LogP contribution >= 0.6 is 22.6 Å². The number of hydrogen-bond acceptors (Lipinski definition) is 4. The highest BCUT2D eigenvalue weighted by atomic mass is 127. The Morgan fingerprint density at radius 2 is 2.41 bits per heavy atom. The van der Waals surface area contributed by atoms with Gasteiger partial charge in [0.2, 0.25) is 0 Å². The van der Waals surface area contributed by atoms with E-state index in [1.807, 2.05) is 6.92 Å². The molecule has 1 saturated carbocycles. The fourth-order valence-electron chi connectivity index (χ4n) is 2.57. The normalized spacial score (nSPS) is 33.8. The van der Waals surface area contributed by atoms with Crippen molar-refractivity contribution in [3.63, 3.8) is 0 Å². The molecule has 17 heavy (non-hydrogen) atoms. The summed E-state index contributed by atoms with van der Waals surface area (Å²) in [4.78, 5) is 23.3. The van der Waals surface area contributed by atoms with Gasteiger partial charge in [0.1, 0.15) is 10.0 Å². The quantitative estimate of drug-likeness (QED) is 0.445. The summed E-state index contributed by atoms with van der Waals surface area (Å²) in [5.74, 6) is -0.440. The topological polar surface area (TPSA) is 52.6 Å². The lowest BCUT2D eigenvalue weighted by molar-refractivity contribution is -0.170. The summed E-state index contributed by atoms with van der Waals surface area (Å²) < 4.78 is 10.8. The number of rotatable bonds is 3. The van der Waals surface area contributed by atoms with Crippen molar-refractivity contribution in [2.45, 2.75) is 61.1 Å². The zero-order chi connectivity index (χ0) is 12.5. The Labute approximate surface area is 115 Å². The number of alkyl halides is 1. The van der Waals surface area contributed by atoms with Crippen molar-refractivity contribution in [3.8, 4) is 0 Å². The van der Waals surface area contributed by atoms with Crippen molar-refractivity contribution in [1.29, 1.82) is 0 Å². The van der Waals surface area contributed by atoms with E-state index in [0.717, 1.165) is 32.1 Å². The van der Waals surface area contributed by atoms with Gasteiger partial charge in [-0.05, 0) is 32.1 Å². The van der Waals surface area contributed by atoms with Crippen molar-refractivity contribution < 1.29 is 19.1 Å². The van der Waals surface area contributed by atoms with E-state index in [1.54, 1.807) is 0 Å². The lowest BCUT2D eigenvalue weighted by atomic mass is 9.81. The summed E-state index contributed by atoms with van der Waals surface area (Å²) in [5.41, 5.74) is -0.662. The number of hydrogen-bond donors (Lipinski definition) is 0. The van der Waals surface area contributed by atoms with Crippen molar-refractivity contribution in [2.24, 2.45) is 0 Å². The molecule has 3 unspecified atom stereocenters. The molecule has 0 aromatic rings. The highest BCUT2D eigenvalue weighted by molar-refractivity contribution is 14.1. The minimum absolute atomic E-state index is 0.139. The van der Waals surface area contributed by atoms with Crippen LogP contribution in [0.25, 0.3) is 0 Å². The summed E-state index contributed by atoms with van der Waals surface area (Å²) in [7, 11) is 0. The molecule has 4 nitrogen and oxygen atoms in total. The average molecular weight is 352 g/mol. The molecule has 1 aliphatic heterocycles. The maximum absolute atomic E-state index is 11.9. The Morgan fingerprint density at radius 1 is 1.65 bits per heavy atom. The SMILES string of the molecule is CCC(I)C(=O)OC12CCCCC1OC(=O)C2. The molecule has 1 aliphatic carbocycles. The second kappa shape index (κ2) is 5.12. The van der Waals surface area contributed by atoms with Gasteiger partial charge < -0.3 is 9.47 Å². The van der Waals surface area contributed by atoms with Crippen LogP contribution in [0.1, 0.15) is 45.4 Å². The van der Waals surface area contributed by atoms with Gasteiger partial charge in [0.15, 0.2) is 5.60 Å². The molecule has 0 N–H and O–H groups in total. The second-order valence-electron chi connectivity index (χ2n) is 4.76. The minimum Gasteiger partial charge on any atom is -0.458 e. The van der Waals surface area contributed by atoms with Crippen molar-refractivity contribution in [3.05, 3.63) is 0 Å². The van der Waals surface area contributed by atoms with Gasteiger partial charge >= 0.3 is 11.9 Å². The van der Waals surface area contributed by atoms with E-state index < -0.39 is 5.60 Å². The molecular weight excluding hydrogens is 335 g/mol. The van der Waals surface area contributed by atoms with Crippen LogP contribution in [-0.2, 0) is 19.1 Å². The van der Waals surface area contributed by atoms with Crippen LogP contribution in [0.15, 0.2) is 0 Å². The Bertz CT molecular complexity index is 330. The summed E-state index contributed by atoms with van der Waals surface area (Å²) >= 11 is 2.08. The van der Waals surface area contributed by atoms with E-state index in [0.29, 0.717) is 0 Å². The molecule has 0 bridgehead atoms. The van der Waals surface area contributed by atoms with Gasteiger partial charge in [-0.2, -0.15) is 0 Å². The summed E-state index contributed by atoms with van der Waals surface area (Å²) in [6.07, 6.45) is 4.37. The largest absolute Gasteiger partial charge is 0.458 e. The molecule has 0 amide bonds. The fraction of sp³-hybridized carbons (Fsp3) is 0.833. The van der Waals surface area contributed by atoms with Gasteiger partial charge in [0.25, 0.3) is 0 Å². The molecule has 2 fully saturated rings. The molecule has 1 saturated heterocycles. The van der Waals surface area contributed by atoms with Gasteiger partial charge in [-0.25, -0.2) is 0 Å². The Balaban J connectivity index is 2.10. The monoisotopic (exact) mass is 352 g/mol. The van der Waals surface area contributed by atoms with Crippen LogP contribution in [0.2, 0.25) is 0 Å². The third kappa shape index (κ3) is 2.58. The van der Waals surface area contributed by atoms with Crippen LogP contribution in [-0.4, -0.2) is 27.6 Å². The van der Waals surface area contributed by atoms with E-state index in [1.165, 1.54) is 0 Å². The Hall–Kier alpha value is -0.330. The smallest absolute Gasteiger partial charge is 0.319 e. The molecule has 2 aliphatic rings. The number of fused-ring (bicyclic) bond motifs is 1. The number of esters is 2. The Morgan fingerprint density at radius 3 is 3.12 bits per heavy atom. The highest BCUT2D eigenvalue weighted by Gasteiger charge is 2.53. The first kappa shape index (κ1) is 13.1. The highest BCUT2D eigenvalue weighted by Crippen LogP contribution is 2.42. The van der Waals surface area contributed by atoms with Crippen LogP contribution in [0.3, 0.4) is 0 Å². The van der Waals surface area contributed by atoms with Crippen molar-refractivity contribution >= 4 is 34.5 Å². The van der Waals surface area contributed by atoms with E-state index in [4.69, 9.17) is 9.47 Å².